The number of rotatable bonds is 8. The molecule has 2 amide bonds. The Kier molecular flexibility index (Phi) is 7.84. The van der Waals surface area contributed by atoms with Crippen molar-refractivity contribution in [2.75, 3.05) is 17.2 Å². The average Bonchev–Trinajstić information content (AvgIpc) is 2.71. The lowest BCUT2D eigenvalue weighted by molar-refractivity contribution is -0.348. The quantitative estimate of drug-likeness (QED) is 0.334. The van der Waals surface area contributed by atoms with Gasteiger partial charge in [-0.3, -0.25) is 9.59 Å². The fraction of sp³-hybridized carbons (Fsp3) is 0.364. The molecule has 2 aromatic carbocycles. The molecule has 0 saturated heterocycles. The third-order valence-corrected chi connectivity index (χ3v) is 5.00. The molecule has 4 N–H and O–H groups in total. The number of hydrogen-bond acceptors (Lipinski definition) is 3. The number of anilines is 2. The number of aryl methyl sites for hydroxylation is 2. The minimum atomic E-state index is -6.24. The molecule has 2 aromatic rings. The maximum atomic E-state index is 14.4. The molecule has 0 bridgehead atoms. The number of alkyl halides is 7. The van der Waals surface area contributed by atoms with Gasteiger partial charge in [-0.25, -0.2) is 4.39 Å². The van der Waals surface area contributed by atoms with Crippen LogP contribution in [0.15, 0.2) is 36.4 Å². The smallest absolute Gasteiger partial charge is 0.385 e. The van der Waals surface area contributed by atoms with E-state index in [0.29, 0.717) is 30.8 Å². The van der Waals surface area contributed by atoms with E-state index in [1.807, 2.05) is 0 Å². The first kappa shape index (κ1) is 26.9. The van der Waals surface area contributed by atoms with Crippen molar-refractivity contribution in [1.29, 1.82) is 0 Å². The van der Waals surface area contributed by atoms with Gasteiger partial charge in [0.25, 0.3) is 5.91 Å². The Morgan fingerprint density at radius 1 is 0.912 bits per heavy atom. The van der Waals surface area contributed by atoms with Crippen molar-refractivity contribution in [1.82, 2.24) is 0 Å². The molecule has 0 heterocycles. The van der Waals surface area contributed by atoms with Gasteiger partial charge in [0, 0.05) is 35.5 Å². The van der Waals surface area contributed by atoms with E-state index in [1.54, 1.807) is 12.1 Å². The number of nitrogens with one attached hydrogen (secondary N) is 2. The van der Waals surface area contributed by atoms with E-state index in [2.05, 4.69) is 10.6 Å². The normalized spacial score (nSPS) is 12.4. The summed E-state index contributed by atoms with van der Waals surface area (Å²) in [5.41, 5.74) is -1.84. The van der Waals surface area contributed by atoms with Gasteiger partial charge < -0.3 is 16.4 Å². The monoisotopic (exact) mass is 493 g/mol. The van der Waals surface area contributed by atoms with Crippen LogP contribution in [0.1, 0.15) is 39.9 Å². The van der Waals surface area contributed by atoms with Crippen LogP contribution in [0.2, 0.25) is 0 Å². The van der Waals surface area contributed by atoms with E-state index in [-0.39, 0.29) is 28.8 Å². The lowest BCUT2D eigenvalue weighted by atomic mass is 9.90. The predicted molar refractivity (Wildman–Crippen MR) is 112 cm³/mol. The van der Waals surface area contributed by atoms with Crippen molar-refractivity contribution in [3.8, 4) is 0 Å². The van der Waals surface area contributed by atoms with Crippen LogP contribution in [-0.4, -0.2) is 30.7 Å². The molecule has 5 nitrogen and oxygen atoms in total. The first-order valence-electron chi connectivity index (χ1n) is 9.95. The summed E-state index contributed by atoms with van der Waals surface area (Å²) in [6.07, 6.45) is -11.8. The molecule has 0 aliphatic rings. The lowest BCUT2D eigenvalue weighted by Crippen LogP contribution is -2.50. The van der Waals surface area contributed by atoms with E-state index >= 15 is 0 Å². The molecule has 0 radical (unpaired) electrons. The largest absolute Gasteiger partial charge is 0.435 e. The first-order valence-corrected chi connectivity index (χ1v) is 9.95. The van der Waals surface area contributed by atoms with Crippen molar-refractivity contribution in [2.24, 2.45) is 5.73 Å². The van der Waals surface area contributed by atoms with Crippen molar-refractivity contribution < 1.29 is 40.3 Å². The van der Waals surface area contributed by atoms with Gasteiger partial charge in [-0.05, 0) is 49.6 Å². The second-order valence-electron chi connectivity index (χ2n) is 7.67. The Morgan fingerprint density at radius 3 is 1.97 bits per heavy atom. The minimum Gasteiger partial charge on any atom is -0.385 e. The van der Waals surface area contributed by atoms with Gasteiger partial charge in [-0.2, -0.15) is 26.3 Å². The molecule has 0 aromatic heterocycles. The highest BCUT2D eigenvalue weighted by atomic mass is 19.4. The molecule has 0 aliphatic carbocycles. The summed E-state index contributed by atoms with van der Waals surface area (Å²) in [6.45, 7) is 2.73. The summed E-state index contributed by atoms with van der Waals surface area (Å²) >= 11 is 0. The van der Waals surface area contributed by atoms with Gasteiger partial charge in [0.2, 0.25) is 5.91 Å². The van der Waals surface area contributed by atoms with Crippen molar-refractivity contribution in [3.63, 3.8) is 0 Å². The summed E-state index contributed by atoms with van der Waals surface area (Å²) in [6, 6.07) is 6.96. The highest BCUT2D eigenvalue weighted by Gasteiger charge is 2.73. The van der Waals surface area contributed by atoms with Gasteiger partial charge in [0.1, 0.15) is 0 Å². The van der Waals surface area contributed by atoms with Gasteiger partial charge >= 0.3 is 18.0 Å². The van der Waals surface area contributed by atoms with Gasteiger partial charge in [-0.1, -0.05) is 18.2 Å². The molecule has 186 valence electrons. The minimum absolute atomic E-state index is 0.0414. The Bertz CT molecular complexity index is 1030. The third-order valence-electron chi connectivity index (χ3n) is 5.00. The van der Waals surface area contributed by atoms with E-state index in [9.17, 15) is 40.3 Å². The number of hydrogen-bond donors (Lipinski definition) is 3. The molecule has 0 aliphatic heterocycles. The molecule has 34 heavy (non-hydrogen) atoms. The molecular formula is C22H22F7N3O2. The first-order chi connectivity index (χ1) is 15.6. The third kappa shape index (κ3) is 5.78. The van der Waals surface area contributed by atoms with Crippen molar-refractivity contribution >= 4 is 23.2 Å². The van der Waals surface area contributed by atoms with Crippen LogP contribution in [0.25, 0.3) is 0 Å². The fourth-order valence-corrected chi connectivity index (χ4v) is 3.30. The molecule has 0 unspecified atom stereocenters. The molecule has 12 heteroatoms. The Labute approximate surface area is 190 Å². The van der Waals surface area contributed by atoms with Crippen LogP contribution in [-0.2, 0) is 10.5 Å². The zero-order valence-electron chi connectivity index (χ0n) is 18.1. The maximum Gasteiger partial charge on any atom is 0.435 e. The van der Waals surface area contributed by atoms with Crippen LogP contribution >= 0.6 is 0 Å². The van der Waals surface area contributed by atoms with E-state index in [0.717, 1.165) is 13.8 Å². The molecule has 0 spiro atoms. The van der Waals surface area contributed by atoms with E-state index in [1.165, 1.54) is 12.1 Å². The summed E-state index contributed by atoms with van der Waals surface area (Å²) in [7, 11) is 0. The van der Waals surface area contributed by atoms with Crippen molar-refractivity contribution in [3.05, 3.63) is 58.7 Å². The van der Waals surface area contributed by atoms with Crippen LogP contribution in [0.4, 0.5) is 42.1 Å². The molecule has 2 rings (SSSR count). The zero-order valence-corrected chi connectivity index (χ0v) is 18.1. The number of benzene rings is 2. The Hall–Kier alpha value is -3.31. The summed E-state index contributed by atoms with van der Waals surface area (Å²) in [5, 5.41) is 5.44. The van der Waals surface area contributed by atoms with Crippen LogP contribution in [0.5, 0.6) is 0 Å². The standard InChI is InChI=1S/C22H22F7N3O2/c1-12-9-15(20(23,21(24,25)26)22(27,28)29)10-13(2)18(12)32-19(34)14-5-3-6-16(11-14)31-8-4-7-17(30)33/h3,5-6,9-11,31H,4,7-8H2,1-2H3,(H2,30,33)(H,32,34). The average molecular weight is 493 g/mol. The van der Waals surface area contributed by atoms with Crippen LogP contribution in [0, 0.1) is 13.8 Å². The van der Waals surface area contributed by atoms with E-state index < -0.39 is 35.4 Å². The van der Waals surface area contributed by atoms with Gasteiger partial charge in [0.15, 0.2) is 0 Å². The van der Waals surface area contributed by atoms with Crippen molar-refractivity contribution in [2.45, 2.75) is 44.7 Å². The number of amides is 2. The zero-order chi connectivity index (χ0) is 25.9. The molecule has 0 saturated carbocycles. The predicted octanol–water partition coefficient (Wildman–Crippen LogP) is 5.52. The molecule has 0 atom stereocenters. The van der Waals surface area contributed by atoms with Gasteiger partial charge in [0.05, 0.1) is 0 Å². The summed E-state index contributed by atoms with van der Waals surface area (Å²) < 4.78 is 92.9. The molecule has 0 fully saturated rings. The SMILES string of the molecule is Cc1cc(C(F)(C(F)(F)F)C(F)(F)F)cc(C)c1NC(=O)c1cccc(NCCCC(N)=O)c1. The summed E-state index contributed by atoms with van der Waals surface area (Å²) in [4.78, 5) is 23.4. The maximum absolute atomic E-state index is 14.4. The topological polar surface area (TPSA) is 84.2 Å². The number of carbonyl (C=O) groups excluding carboxylic acids is 2. The molecular weight excluding hydrogens is 471 g/mol. The lowest BCUT2D eigenvalue weighted by Gasteiger charge is -2.31. The Balaban J connectivity index is 2.28. The van der Waals surface area contributed by atoms with Gasteiger partial charge in [-0.15, -0.1) is 0 Å². The Morgan fingerprint density at radius 2 is 1.47 bits per heavy atom. The highest BCUT2D eigenvalue weighted by molar-refractivity contribution is 6.05. The highest BCUT2D eigenvalue weighted by Crippen LogP contribution is 2.53. The number of primary amides is 1. The summed E-state index contributed by atoms with van der Waals surface area (Å²) in [5.74, 6) is -1.14. The second kappa shape index (κ2) is 9.90. The second-order valence-corrected chi connectivity index (χ2v) is 7.67. The van der Waals surface area contributed by atoms with Crippen LogP contribution in [0.3, 0.4) is 0 Å². The number of carbonyl (C=O) groups is 2. The number of halogens is 7. The van der Waals surface area contributed by atoms with E-state index in [4.69, 9.17) is 5.73 Å². The van der Waals surface area contributed by atoms with Crippen LogP contribution < -0.4 is 16.4 Å². The number of nitrogens with two attached hydrogens (primary N) is 1. The fourth-order valence-electron chi connectivity index (χ4n) is 3.30.